The van der Waals surface area contributed by atoms with Crippen molar-refractivity contribution in [1.29, 1.82) is 0 Å². The van der Waals surface area contributed by atoms with Crippen LogP contribution in [0, 0.1) is 10.1 Å². The van der Waals surface area contributed by atoms with Gasteiger partial charge in [-0.05, 0) is 30.3 Å². The number of primary sulfonamides is 1. The first-order valence-electron chi connectivity index (χ1n) is 9.19. The second-order valence-corrected chi connectivity index (χ2v) is 8.65. The molecule has 0 unspecified atom stereocenters. The fourth-order valence-electron chi connectivity index (χ4n) is 2.83. The Morgan fingerprint density at radius 3 is 2.39 bits per heavy atom. The average molecular weight is 490 g/mol. The molecule has 1 amide bonds. The van der Waals surface area contributed by atoms with Crippen LogP contribution in [0.5, 0.6) is 5.75 Å². The first kappa shape index (κ1) is 23.9. The summed E-state index contributed by atoms with van der Waals surface area (Å²) >= 11 is 6.01. The number of benzene rings is 3. The quantitative estimate of drug-likeness (QED) is 0.279. The Hall–Kier alpha value is -3.80. The number of hydrogen-bond acceptors (Lipinski definition) is 7. The zero-order valence-corrected chi connectivity index (χ0v) is 18.3. The second-order valence-electron chi connectivity index (χ2n) is 6.65. The molecule has 0 aromatic heterocycles. The van der Waals surface area contributed by atoms with Gasteiger partial charge in [0, 0.05) is 16.7 Å². The maximum atomic E-state index is 12.8. The number of nitrogens with one attached hydrogen (secondary N) is 1. The van der Waals surface area contributed by atoms with E-state index < -0.39 is 38.0 Å². The van der Waals surface area contributed by atoms with Gasteiger partial charge in [0.05, 0.1) is 15.4 Å². The first-order chi connectivity index (χ1) is 15.6. The molecule has 3 rings (SSSR count). The van der Waals surface area contributed by atoms with Crippen LogP contribution in [0.15, 0.2) is 71.6 Å². The molecular formula is C21H16ClN3O7S. The van der Waals surface area contributed by atoms with Gasteiger partial charge in [0.15, 0.2) is 12.4 Å². The smallest absolute Gasteiger partial charge is 0.294 e. The summed E-state index contributed by atoms with van der Waals surface area (Å²) in [6.07, 6.45) is 0. The number of carbonyl (C=O) groups excluding carboxylic acids is 2. The average Bonchev–Trinajstić information content (AvgIpc) is 2.77. The number of ketones is 1. The van der Waals surface area contributed by atoms with Gasteiger partial charge in [0.25, 0.3) is 11.6 Å². The van der Waals surface area contributed by atoms with E-state index in [0.717, 1.165) is 18.2 Å². The van der Waals surface area contributed by atoms with Crippen LogP contribution in [-0.4, -0.2) is 31.6 Å². The summed E-state index contributed by atoms with van der Waals surface area (Å²) < 4.78 is 28.3. The molecule has 3 aromatic rings. The lowest BCUT2D eigenvalue weighted by Gasteiger charge is -2.12. The molecule has 3 aromatic carbocycles. The minimum absolute atomic E-state index is 0.0856. The molecule has 0 atom stereocenters. The number of halogens is 1. The number of sulfonamides is 1. The molecule has 10 nitrogen and oxygen atoms in total. The van der Waals surface area contributed by atoms with Gasteiger partial charge >= 0.3 is 0 Å². The molecule has 170 valence electrons. The highest BCUT2D eigenvalue weighted by atomic mass is 35.5. The van der Waals surface area contributed by atoms with Crippen LogP contribution in [0.2, 0.25) is 5.02 Å². The molecule has 3 N–H and O–H groups in total. The number of nitrogens with zero attached hydrogens (tertiary/aromatic N) is 1. The Labute approximate surface area is 193 Å². The van der Waals surface area contributed by atoms with E-state index in [1.807, 2.05) is 0 Å². The Morgan fingerprint density at radius 2 is 1.76 bits per heavy atom. The second kappa shape index (κ2) is 9.77. The van der Waals surface area contributed by atoms with E-state index in [9.17, 15) is 28.1 Å². The number of carbonyl (C=O) groups is 2. The van der Waals surface area contributed by atoms with Gasteiger partial charge < -0.3 is 10.1 Å². The summed E-state index contributed by atoms with van der Waals surface area (Å²) in [5.74, 6) is -1.07. The summed E-state index contributed by atoms with van der Waals surface area (Å²) in [4.78, 5) is 35.1. The lowest BCUT2D eigenvalue weighted by molar-refractivity contribution is -0.384. The summed E-state index contributed by atoms with van der Waals surface area (Å²) in [5, 5.41) is 18.8. The van der Waals surface area contributed by atoms with Crippen molar-refractivity contribution < 1.29 is 27.7 Å². The molecule has 0 fully saturated rings. The SMILES string of the molecule is NS(=O)(=O)c1ccc(NC(=O)COc2ccc(Cl)cc2C(=O)c2ccccc2)c([N+](=O)[O-])c1. The monoisotopic (exact) mass is 489 g/mol. The molecule has 0 saturated carbocycles. The van der Waals surface area contributed by atoms with E-state index in [1.165, 1.54) is 18.2 Å². The third kappa shape index (κ3) is 5.92. The van der Waals surface area contributed by atoms with Crippen LogP contribution in [-0.2, 0) is 14.8 Å². The third-order valence-electron chi connectivity index (χ3n) is 4.35. The van der Waals surface area contributed by atoms with Gasteiger partial charge in [0.2, 0.25) is 10.0 Å². The van der Waals surface area contributed by atoms with E-state index >= 15 is 0 Å². The van der Waals surface area contributed by atoms with Crippen LogP contribution >= 0.6 is 11.6 Å². The highest BCUT2D eigenvalue weighted by Crippen LogP contribution is 2.28. The fourth-order valence-corrected chi connectivity index (χ4v) is 3.53. The minimum Gasteiger partial charge on any atom is -0.483 e. The van der Waals surface area contributed by atoms with E-state index in [-0.39, 0.29) is 27.8 Å². The molecule has 0 radical (unpaired) electrons. The molecule has 0 saturated heterocycles. The van der Waals surface area contributed by atoms with Crippen molar-refractivity contribution in [2.75, 3.05) is 11.9 Å². The number of nitro groups is 1. The number of rotatable bonds is 8. The number of anilines is 1. The molecular weight excluding hydrogens is 474 g/mol. The molecule has 12 heteroatoms. The Bertz CT molecular complexity index is 1350. The van der Waals surface area contributed by atoms with Gasteiger partial charge in [-0.25, -0.2) is 13.6 Å². The number of nitrogens with two attached hydrogens (primary N) is 1. The molecule has 0 bridgehead atoms. The number of amides is 1. The predicted molar refractivity (Wildman–Crippen MR) is 120 cm³/mol. The third-order valence-corrected chi connectivity index (χ3v) is 5.50. The molecule has 0 aliphatic heterocycles. The largest absolute Gasteiger partial charge is 0.483 e. The molecule has 33 heavy (non-hydrogen) atoms. The van der Waals surface area contributed by atoms with E-state index in [4.69, 9.17) is 21.5 Å². The number of nitro benzene ring substituents is 1. The van der Waals surface area contributed by atoms with Crippen LogP contribution in [0.4, 0.5) is 11.4 Å². The summed E-state index contributed by atoms with van der Waals surface area (Å²) in [6, 6.07) is 15.5. The lowest BCUT2D eigenvalue weighted by Crippen LogP contribution is -2.22. The number of ether oxygens (including phenoxy) is 1. The number of hydrogen-bond donors (Lipinski definition) is 2. The van der Waals surface area contributed by atoms with Crippen molar-refractivity contribution in [3.8, 4) is 5.75 Å². The zero-order valence-electron chi connectivity index (χ0n) is 16.7. The van der Waals surface area contributed by atoms with Crippen molar-refractivity contribution in [1.82, 2.24) is 0 Å². The van der Waals surface area contributed by atoms with Gasteiger partial charge in [-0.1, -0.05) is 41.9 Å². The van der Waals surface area contributed by atoms with E-state index in [1.54, 1.807) is 30.3 Å². The van der Waals surface area contributed by atoms with Crippen LogP contribution in [0.25, 0.3) is 0 Å². The summed E-state index contributed by atoms with van der Waals surface area (Å²) in [7, 11) is -4.17. The summed E-state index contributed by atoms with van der Waals surface area (Å²) in [6.45, 7) is -0.592. The predicted octanol–water partition coefficient (Wildman–Crippen LogP) is 3.14. The maximum Gasteiger partial charge on any atom is 0.294 e. The Kier molecular flexibility index (Phi) is 7.07. The minimum atomic E-state index is -4.17. The maximum absolute atomic E-state index is 12.8. The van der Waals surface area contributed by atoms with E-state index in [0.29, 0.717) is 5.56 Å². The van der Waals surface area contributed by atoms with Crippen molar-refractivity contribution in [2.24, 2.45) is 5.14 Å². The molecule has 0 aliphatic carbocycles. The van der Waals surface area contributed by atoms with Gasteiger partial charge in [-0.3, -0.25) is 19.7 Å². The van der Waals surface area contributed by atoms with Crippen molar-refractivity contribution in [3.63, 3.8) is 0 Å². The Morgan fingerprint density at radius 1 is 1.06 bits per heavy atom. The molecule has 0 aliphatic rings. The fraction of sp³-hybridized carbons (Fsp3) is 0.0476. The van der Waals surface area contributed by atoms with Gasteiger partial charge in [-0.2, -0.15) is 0 Å². The lowest BCUT2D eigenvalue weighted by atomic mass is 10.0. The van der Waals surface area contributed by atoms with Crippen molar-refractivity contribution in [2.45, 2.75) is 4.90 Å². The van der Waals surface area contributed by atoms with Crippen molar-refractivity contribution in [3.05, 3.63) is 93.0 Å². The highest BCUT2D eigenvalue weighted by Gasteiger charge is 2.21. The highest BCUT2D eigenvalue weighted by molar-refractivity contribution is 7.89. The van der Waals surface area contributed by atoms with Crippen molar-refractivity contribution >= 4 is 44.7 Å². The van der Waals surface area contributed by atoms with Gasteiger partial charge in [0.1, 0.15) is 11.4 Å². The molecule has 0 spiro atoms. The van der Waals surface area contributed by atoms with Gasteiger partial charge in [-0.15, -0.1) is 0 Å². The normalized spacial score (nSPS) is 11.0. The van der Waals surface area contributed by atoms with Crippen LogP contribution in [0.3, 0.4) is 0 Å². The Balaban J connectivity index is 1.78. The van der Waals surface area contributed by atoms with Crippen LogP contribution < -0.4 is 15.2 Å². The molecule has 0 heterocycles. The standard InChI is InChI=1S/C21H16ClN3O7S/c22-14-6-9-19(16(10-14)21(27)13-4-2-1-3-5-13)32-12-20(26)24-17-8-7-15(33(23,30)31)11-18(17)25(28)29/h1-11H,12H2,(H,24,26)(H2,23,30,31). The van der Waals surface area contributed by atoms with Crippen LogP contribution in [0.1, 0.15) is 15.9 Å². The zero-order chi connectivity index (χ0) is 24.2. The summed E-state index contributed by atoms with van der Waals surface area (Å²) in [5.41, 5.74) is -0.399. The topological polar surface area (TPSA) is 159 Å². The first-order valence-corrected chi connectivity index (χ1v) is 11.1. The van der Waals surface area contributed by atoms with E-state index in [2.05, 4.69) is 5.32 Å².